The number of esters is 1. The van der Waals surface area contributed by atoms with Crippen LogP contribution in [-0.2, 0) is 19.7 Å². The molecular weight excluding hydrogens is 292 g/mol. The van der Waals surface area contributed by atoms with Gasteiger partial charge in [-0.3, -0.25) is 20.0 Å². The molecule has 0 saturated heterocycles. The minimum atomic E-state index is -3.78. The minimum Gasteiger partial charge on any atom is -0.427 e. The van der Waals surface area contributed by atoms with E-state index in [-0.39, 0.29) is 30.1 Å². The lowest BCUT2D eigenvalue weighted by Gasteiger charge is -2.06. The highest BCUT2D eigenvalue weighted by Crippen LogP contribution is 2.15. The Hall–Kier alpha value is -1.56. The van der Waals surface area contributed by atoms with E-state index in [9.17, 15) is 13.2 Å². The van der Waals surface area contributed by atoms with Crippen molar-refractivity contribution in [2.24, 2.45) is 5.14 Å². The van der Waals surface area contributed by atoms with Crippen LogP contribution >= 0.6 is 0 Å². The summed E-state index contributed by atoms with van der Waals surface area (Å²) in [5, 5.41) is 20.9. The van der Waals surface area contributed by atoms with Crippen LogP contribution in [0.25, 0.3) is 0 Å². The smallest absolute Gasteiger partial charge is 0.311 e. The maximum Gasteiger partial charge on any atom is 0.311 e. The van der Waals surface area contributed by atoms with Crippen molar-refractivity contribution in [3.05, 3.63) is 24.3 Å². The standard InChI is InChI=1S/C10H14N2O7S/c11-20(16,17)9-5-3-8(4-6-9)19-10(13)2-1-7-18-12(14)15/h3-6,14-15H,1-2,7H2,(H2,11,16,17). The molecule has 0 saturated carbocycles. The predicted molar refractivity (Wildman–Crippen MR) is 64.0 cm³/mol. The quantitative estimate of drug-likeness (QED) is 0.277. The summed E-state index contributed by atoms with van der Waals surface area (Å²) in [4.78, 5) is 15.5. The molecule has 0 unspecified atom stereocenters. The molecule has 0 aliphatic carbocycles. The highest BCUT2D eigenvalue weighted by Gasteiger charge is 2.09. The van der Waals surface area contributed by atoms with Crippen molar-refractivity contribution in [3.63, 3.8) is 0 Å². The molecule has 1 rings (SSSR count). The number of ether oxygens (including phenoxy) is 1. The number of benzene rings is 1. The van der Waals surface area contributed by atoms with Crippen LogP contribution in [0.4, 0.5) is 0 Å². The fourth-order valence-corrected chi connectivity index (χ4v) is 1.76. The van der Waals surface area contributed by atoms with Crippen LogP contribution in [0.3, 0.4) is 0 Å². The van der Waals surface area contributed by atoms with Gasteiger partial charge in [-0.2, -0.15) is 0 Å². The number of hydrogen-bond donors (Lipinski definition) is 3. The summed E-state index contributed by atoms with van der Waals surface area (Å²) in [7, 11) is -3.78. The summed E-state index contributed by atoms with van der Waals surface area (Å²) in [5.74, 6) is -0.395. The van der Waals surface area contributed by atoms with Gasteiger partial charge in [-0.1, -0.05) is 0 Å². The molecule has 0 spiro atoms. The number of nitrogens with two attached hydrogens (primary N) is 1. The first-order chi connectivity index (χ1) is 9.29. The molecule has 1 aromatic rings. The van der Waals surface area contributed by atoms with Crippen molar-refractivity contribution >= 4 is 16.0 Å². The van der Waals surface area contributed by atoms with Gasteiger partial charge in [0.15, 0.2) is 0 Å². The van der Waals surface area contributed by atoms with Crippen LogP contribution in [-0.4, -0.2) is 36.8 Å². The van der Waals surface area contributed by atoms with Crippen LogP contribution in [0.15, 0.2) is 29.2 Å². The first-order valence-electron chi connectivity index (χ1n) is 5.43. The van der Waals surface area contributed by atoms with Crippen molar-refractivity contribution in [1.29, 1.82) is 0 Å². The Morgan fingerprint density at radius 1 is 1.25 bits per heavy atom. The number of carbonyl (C=O) groups excluding carboxylic acids is 1. The molecule has 0 radical (unpaired) electrons. The van der Waals surface area contributed by atoms with E-state index in [1.165, 1.54) is 24.3 Å². The largest absolute Gasteiger partial charge is 0.427 e. The van der Waals surface area contributed by atoms with E-state index in [4.69, 9.17) is 20.3 Å². The third-order valence-electron chi connectivity index (χ3n) is 2.12. The third kappa shape index (κ3) is 6.06. The lowest BCUT2D eigenvalue weighted by atomic mass is 10.3. The van der Waals surface area contributed by atoms with Gasteiger partial charge >= 0.3 is 5.97 Å². The fourth-order valence-electron chi connectivity index (χ4n) is 1.24. The topological polar surface area (TPSA) is 139 Å². The summed E-state index contributed by atoms with van der Waals surface area (Å²) in [5.41, 5.74) is 0. The Morgan fingerprint density at radius 3 is 2.35 bits per heavy atom. The van der Waals surface area contributed by atoms with Gasteiger partial charge in [0.1, 0.15) is 5.75 Å². The lowest BCUT2D eigenvalue weighted by molar-refractivity contribution is -0.492. The van der Waals surface area contributed by atoms with E-state index >= 15 is 0 Å². The van der Waals surface area contributed by atoms with Crippen LogP contribution in [0.5, 0.6) is 5.75 Å². The van der Waals surface area contributed by atoms with Gasteiger partial charge in [0.05, 0.1) is 16.9 Å². The first-order valence-corrected chi connectivity index (χ1v) is 6.98. The number of hydrogen-bond acceptors (Lipinski definition) is 8. The zero-order valence-corrected chi connectivity index (χ0v) is 11.1. The second-order valence-corrected chi connectivity index (χ2v) is 5.24. The maximum atomic E-state index is 11.4. The van der Waals surface area contributed by atoms with Gasteiger partial charge < -0.3 is 4.74 Å². The molecule has 0 aliphatic rings. The van der Waals surface area contributed by atoms with Crippen LogP contribution in [0.2, 0.25) is 0 Å². The molecule has 4 N–H and O–H groups in total. The fraction of sp³-hybridized carbons (Fsp3) is 0.300. The molecule has 1 aromatic carbocycles. The Labute approximate surface area is 115 Å². The number of carbonyl (C=O) groups is 1. The summed E-state index contributed by atoms with van der Waals surface area (Å²) in [6.07, 6.45) is 0.205. The molecule has 112 valence electrons. The van der Waals surface area contributed by atoms with Gasteiger partial charge in [-0.15, -0.1) is 0 Å². The van der Waals surface area contributed by atoms with Crippen LogP contribution in [0.1, 0.15) is 12.8 Å². The number of nitrogens with zero attached hydrogens (tertiary/aromatic N) is 1. The predicted octanol–water partition coefficient (Wildman–Crippen LogP) is 0.0316. The second kappa shape index (κ2) is 7.28. The highest BCUT2D eigenvalue weighted by atomic mass is 32.2. The SMILES string of the molecule is NS(=O)(=O)c1ccc(OC(=O)CCCON(O)O)cc1. The van der Waals surface area contributed by atoms with Crippen LogP contribution in [0, 0.1) is 0 Å². The number of sulfonamides is 1. The average Bonchev–Trinajstić information content (AvgIpc) is 2.34. The van der Waals surface area contributed by atoms with Crippen molar-refractivity contribution in [2.45, 2.75) is 17.7 Å². The van der Waals surface area contributed by atoms with Crippen LogP contribution < -0.4 is 9.88 Å². The van der Waals surface area contributed by atoms with Gasteiger partial charge in [0, 0.05) is 6.42 Å². The molecule has 20 heavy (non-hydrogen) atoms. The van der Waals surface area contributed by atoms with Gasteiger partial charge in [0.2, 0.25) is 10.0 Å². The average molecular weight is 306 g/mol. The van der Waals surface area contributed by atoms with Crippen molar-refractivity contribution < 1.29 is 33.2 Å². The maximum absolute atomic E-state index is 11.4. The van der Waals surface area contributed by atoms with Crippen molar-refractivity contribution in [3.8, 4) is 5.75 Å². The zero-order valence-electron chi connectivity index (χ0n) is 10.3. The molecule has 0 amide bonds. The molecule has 10 heteroatoms. The third-order valence-corrected chi connectivity index (χ3v) is 3.05. The molecular formula is C10H14N2O7S. The normalized spacial score (nSPS) is 11.6. The second-order valence-electron chi connectivity index (χ2n) is 3.68. The Balaban J connectivity index is 2.43. The molecule has 0 aromatic heterocycles. The Bertz CT molecular complexity index is 541. The summed E-state index contributed by atoms with van der Waals surface area (Å²) < 4.78 is 26.9. The molecule has 0 aliphatic heterocycles. The lowest BCUT2D eigenvalue weighted by Crippen LogP contribution is -2.16. The van der Waals surface area contributed by atoms with Gasteiger partial charge in [0.25, 0.3) is 0 Å². The molecule has 9 nitrogen and oxygen atoms in total. The van der Waals surface area contributed by atoms with E-state index in [1.807, 2.05) is 0 Å². The zero-order chi connectivity index (χ0) is 15.2. The van der Waals surface area contributed by atoms with Gasteiger partial charge in [-0.25, -0.2) is 13.6 Å². The highest BCUT2D eigenvalue weighted by molar-refractivity contribution is 7.89. The molecule has 0 heterocycles. The summed E-state index contributed by atoms with van der Waals surface area (Å²) >= 11 is 0. The van der Waals surface area contributed by atoms with E-state index in [2.05, 4.69) is 4.84 Å². The van der Waals surface area contributed by atoms with Gasteiger partial charge in [-0.05, 0) is 30.7 Å². The van der Waals surface area contributed by atoms with Crippen molar-refractivity contribution in [2.75, 3.05) is 6.61 Å². The van der Waals surface area contributed by atoms with E-state index in [0.29, 0.717) is 0 Å². The van der Waals surface area contributed by atoms with E-state index < -0.39 is 21.4 Å². The Kier molecular flexibility index (Phi) is 6.01. The minimum absolute atomic E-state index is 0.00915. The Morgan fingerprint density at radius 2 is 1.85 bits per heavy atom. The molecule has 0 fully saturated rings. The number of rotatable bonds is 7. The van der Waals surface area contributed by atoms with E-state index in [1.54, 1.807) is 0 Å². The molecule has 0 atom stereocenters. The molecule has 0 bridgehead atoms. The monoisotopic (exact) mass is 306 g/mol. The number of primary sulfonamides is 1. The van der Waals surface area contributed by atoms with Crippen molar-refractivity contribution in [1.82, 2.24) is 5.39 Å². The first kappa shape index (κ1) is 16.5. The van der Waals surface area contributed by atoms with E-state index in [0.717, 1.165) is 0 Å². The summed E-state index contributed by atoms with van der Waals surface area (Å²) in [6, 6.07) is 5.04. The summed E-state index contributed by atoms with van der Waals surface area (Å²) in [6.45, 7) is -0.0769.